The quantitative estimate of drug-likeness (QED) is 0.904. The Bertz CT molecular complexity index is 637. The molecular formula is C17H17NO3. The minimum atomic E-state index is -0.221. The summed E-state index contributed by atoms with van der Waals surface area (Å²) < 4.78 is 5.52. The predicted octanol–water partition coefficient (Wildman–Crippen LogP) is 2.23. The van der Waals surface area contributed by atoms with Crippen molar-refractivity contribution in [2.45, 2.75) is 12.3 Å². The Morgan fingerprint density at radius 3 is 2.76 bits per heavy atom. The zero-order valence-electron chi connectivity index (χ0n) is 11.6. The lowest BCUT2D eigenvalue weighted by atomic mass is 10.0. The largest absolute Gasteiger partial charge is 0.508 e. The number of phenolic OH excluding ortho intramolecular Hbond substituents is 1. The third-order valence-electron chi connectivity index (χ3n) is 3.67. The van der Waals surface area contributed by atoms with E-state index in [-0.39, 0.29) is 17.6 Å². The summed E-state index contributed by atoms with van der Waals surface area (Å²) in [6.07, 6.45) is 0.737. The lowest BCUT2D eigenvalue weighted by Crippen LogP contribution is -2.31. The standard InChI is InChI=1S/C17H17NO3/c19-13-7-5-12(6-8-13)9-10-18-17(20)15-11-21-16-4-2-1-3-14(15)16/h1-8,15,19H,9-11H2,(H,18,20). The van der Waals surface area contributed by atoms with Crippen molar-refractivity contribution in [1.82, 2.24) is 5.32 Å². The van der Waals surface area contributed by atoms with Crippen LogP contribution in [0.1, 0.15) is 17.0 Å². The molecule has 1 amide bonds. The van der Waals surface area contributed by atoms with E-state index in [0.29, 0.717) is 13.2 Å². The molecule has 0 saturated heterocycles. The number of hydrogen-bond acceptors (Lipinski definition) is 3. The van der Waals surface area contributed by atoms with Crippen LogP contribution in [0.15, 0.2) is 48.5 Å². The number of rotatable bonds is 4. The van der Waals surface area contributed by atoms with Gasteiger partial charge in [-0.05, 0) is 30.2 Å². The van der Waals surface area contributed by atoms with Gasteiger partial charge in [-0.1, -0.05) is 30.3 Å². The second kappa shape index (κ2) is 5.87. The maximum absolute atomic E-state index is 12.2. The number of hydrogen-bond donors (Lipinski definition) is 2. The molecule has 4 heteroatoms. The molecule has 0 spiro atoms. The Balaban J connectivity index is 1.54. The molecule has 1 aliphatic rings. The third-order valence-corrected chi connectivity index (χ3v) is 3.67. The molecule has 2 aromatic carbocycles. The third kappa shape index (κ3) is 2.99. The summed E-state index contributed by atoms with van der Waals surface area (Å²) in [5.74, 6) is 0.832. The number of carbonyl (C=O) groups excluding carboxylic acids is 1. The number of ether oxygens (including phenoxy) is 1. The first-order valence-electron chi connectivity index (χ1n) is 7.01. The molecule has 0 saturated carbocycles. The van der Waals surface area contributed by atoms with Crippen LogP contribution in [0.25, 0.3) is 0 Å². The van der Waals surface area contributed by atoms with Gasteiger partial charge in [0.2, 0.25) is 5.91 Å². The molecular weight excluding hydrogens is 266 g/mol. The molecule has 1 atom stereocenters. The van der Waals surface area contributed by atoms with Crippen LogP contribution in [-0.2, 0) is 11.2 Å². The van der Waals surface area contributed by atoms with Gasteiger partial charge >= 0.3 is 0 Å². The van der Waals surface area contributed by atoms with E-state index < -0.39 is 0 Å². The molecule has 0 radical (unpaired) electrons. The van der Waals surface area contributed by atoms with Crippen LogP contribution in [0.4, 0.5) is 0 Å². The lowest BCUT2D eigenvalue weighted by Gasteiger charge is -2.10. The van der Waals surface area contributed by atoms with E-state index in [1.165, 1.54) is 0 Å². The molecule has 0 fully saturated rings. The summed E-state index contributed by atoms with van der Waals surface area (Å²) in [4.78, 5) is 12.2. The highest BCUT2D eigenvalue weighted by molar-refractivity contribution is 5.85. The number of nitrogens with one attached hydrogen (secondary N) is 1. The summed E-state index contributed by atoms with van der Waals surface area (Å²) in [5, 5.41) is 12.2. The minimum absolute atomic E-state index is 0.00118. The van der Waals surface area contributed by atoms with Crippen LogP contribution in [0.5, 0.6) is 11.5 Å². The van der Waals surface area contributed by atoms with Crippen molar-refractivity contribution >= 4 is 5.91 Å². The van der Waals surface area contributed by atoms with E-state index >= 15 is 0 Å². The number of phenols is 1. The minimum Gasteiger partial charge on any atom is -0.508 e. The van der Waals surface area contributed by atoms with E-state index in [1.807, 2.05) is 36.4 Å². The summed E-state index contributed by atoms with van der Waals surface area (Å²) in [5.41, 5.74) is 2.04. The molecule has 0 aliphatic carbocycles. The highest BCUT2D eigenvalue weighted by Gasteiger charge is 2.29. The van der Waals surface area contributed by atoms with Crippen LogP contribution >= 0.6 is 0 Å². The van der Waals surface area contributed by atoms with Gasteiger partial charge < -0.3 is 15.2 Å². The second-order valence-electron chi connectivity index (χ2n) is 5.11. The molecule has 108 valence electrons. The van der Waals surface area contributed by atoms with Crippen molar-refractivity contribution in [2.24, 2.45) is 0 Å². The number of aromatic hydroxyl groups is 1. The van der Waals surface area contributed by atoms with Crippen LogP contribution < -0.4 is 10.1 Å². The molecule has 3 rings (SSSR count). The van der Waals surface area contributed by atoms with Gasteiger partial charge in [0, 0.05) is 12.1 Å². The number of para-hydroxylation sites is 1. The second-order valence-corrected chi connectivity index (χ2v) is 5.11. The van der Waals surface area contributed by atoms with Crippen molar-refractivity contribution in [3.63, 3.8) is 0 Å². The zero-order valence-corrected chi connectivity index (χ0v) is 11.6. The Morgan fingerprint density at radius 2 is 1.95 bits per heavy atom. The van der Waals surface area contributed by atoms with Gasteiger partial charge in [-0.15, -0.1) is 0 Å². The molecule has 2 aromatic rings. The SMILES string of the molecule is O=C(NCCc1ccc(O)cc1)C1COc2ccccc21. The average molecular weight is 283 g/mol. The molecule has 0 aromatic heterocycles. The fourth-order valence-electron chi connectivity index (χ4n) is 2.50. The first kappa shape index (κ1) is 13.5. The van der Waals surface area contributed by atoms with Crippen LogP contribution in [-0.4, -0.2) is 24.2 Å². The fraction of sp³-hybridized carbons (Fsp3) is 0.235. The summed E-state index contributed by atoms with van der Waals surface area (Å²) >= 11 is 0. The van der Waals surface area contributed by atoms with Crippen molar-refractivity contribution in [2.75, 3.05) is 13.2 Å². The number of amides is 1. The monoisotopic (exact) mass is 283 g/mol. The van der Waals surface area contributed by atoms with Crippen LogP contribution in [0.2, 0.25) is 0 Å². The van der Waals surface area contributed by atoms with Gasteiger partial charge in [-0.3, -0.25) is 4.79 Å². The molecule has 0 bridgehead atoms. The predicted molar refractivity (Wildman–Crippen MR) is 79.5 cm³/mol. The van der Waals surface area contributed by atoms with E-state index in [1.54, 1.807) is 12.1 Å². The molecule has 1 heterocycles. The van der Waals surface area contributed by atoms with Crippen molar-refractivity contribution in [1.29, 1.82) is 0 Å². The van der Waals surface area contributed by atoms with E-state index in [9.17, 15) is 9.90 Å². The van der Waals surface area contributed by atoms with Crippen molar-refractivity contribution < 1.29 is 14.6 Å². The van der Waals surface area contributed by atoms with Gasteiger partial charge in [0.1, 0.15) is 24.0 Å². The van der Waals surface area contributed by atoms with E-state index in [4.69, 9.17) is 4.74 Å². The fourth-order valence-corrected chi connectivity index (χ4v) is 2.50. The lowest BCUT2D eigenvalue weighted by molar-refractivity contribution is -0.122. The number of benzene rings is 2. The summed E-state index contributed by atoms with van der Waals surface area (Å²) in [7, 11) is 0. The molecule has 2 N–H and O–H groups in total. The molecule has 1 aliphatic heterocycles. The Labute approximate surface area is 123 Å². The van der Waals surface area contributed by atoms with Crippen molar-refractivity contribution in [3.05, 3.63) is 59.7 Å². The van der Waals surface area contributed by atoms with Gasteiger partial charge in [0.25, 0.3) is 0 Å². The van der Waals surface area contributed by atoms with E-state index in [2.05, 4.69) is 5.32 Å². The maximum atomic E-state index is 12.2. The molecule has 1 unspecified atom stereocenters. The normalized spacial score (nSPS) is 16.1. The first-order chi connectivity index (χ1) is 10.2. The highest BCUT2D eigenvalue weighted by atomic mass is 16.5. The van der Waals surface area contributed by atoms with Gasteiger partial charge in [-0.25, -0.2) is 0 Å². The summed E-state index contributed by atoms with van der Waals surface area (Å²) in [6.45, 7) is 0.979. The van der Waals surface area contributed by atoms with Crippen LogP contribution in [0.3, 0.4) is 0 Å². The van der Waals surface area contributed by atoms with Gasteiger partial charge in [0.15, 0.2) is 0 Å². The molecule has 21 heavy (non-hydrogen) atoms. The maximum Gasteiger partial charge on any atom is 0.231 e. The smallest absolute Gasteiger partial charge is 0.231 e. The number of carbonyl (C=O) groups is 1. The molecule has 4 nitrogen and oxygen atoms in total. The summed E-state index contributed by atoms with van der Waals surface area (Å²) in [6, 6.07) is 14.7. The highest BCUT2D eigenvalue weighted by Crippen LogP contribution is 2.33. The van der Waals surface area contributed by atoms with Gasteiger partial charge in [0.05, 0.1) is 0 Å². The Kier molecular flexibility index (Phi) is 3.77. The van der Waals surface area contributed by atoms with Crippen LogP contribution in [0, 0.1) is 0 Å². The zero-order chi connectivity index (χ0) is 14.7. The average Bonchev–Trinajstić information content (AvgIpc) is 2.93. The van der Waals surface area contributed by atoms with E-state index in [0.717, 1.165) is 23.3 Å². The van der Waals surface area contributed by atoms with Gasteiger partial charge in [-0.2, -0.15) is 0 Å². The number of fused-ring (bicyclic) bond motifs is 1. The topological polar surface area (TPSA) is 58.6 Å². The Morgan fingerprint density at radius 1 is 1.19 bits per heavy atom. The van der Waals surface area contributed by atoms with Crippen molar-refractivity contribution in [3.8, 4) is 11.5 Å². The first-order valence-corrected chi connectivity index (χ1v) is 7.01. The Hall–Kier alpha value is -2.49.